The molecule has 0 amide bonds. The lowest BCUT2D eigenvalue weighted by Crippen LogP contribution is -2.49. The second kappa shape index (κ2) is 12.1. The molecule has 2 aromatic heterocycles. The van der Waals surface area contributed by atoms with Crippen LogP contribution in [0.3, 0.4) is 0 Å². The predicted octanol–water partition coefficient (Wildman–Crippen LogP) is 13.9. The Kier molecular flexibility index (Phi) is 7.99. The largest absolute Gasteiger partial charge is 0.309 e. The van der Waals surface area contributed by atoms with E-state index in [1.54, 1.807) is 0 Å². The van der Waals surface area contributed by atoms with Gasteiger partial charge in [0.2, 0.25) is 0 Å². The molecule has 2 nitrogen and oxygen atoms in total. The van der Waals surface area contributed by atoms with E-state index in [4.69, 9.17) is 0 Å². The number of hydrogen-bond acceptors (Lipinski definition) is 0. The van der Waals surface area contributed by atoms with Crippen molar-refractivity contribution in [2.45, 2.75) is 118 Å². The first kappa shape index (κ1) is 37.7. The molecule has 0 unspecified atom stereocenters. The summed E-state index contributed by atoms with van der Waals surface area (Å²) in [4.78, 5) is 0. The minimum atomic E-state index is -1.94. The van der Waals surface area contributed by atoms with E-state index in [1.165, 1.54) is 98.7 Å². The molecular weight excluding hydrogens is 705 g/mol. The highest BCUT2D eigenvalue weighted by Crippen LogP contribution is 2.41. The van der Waals surface area contributed by atoms with Crippen molar-refractivity contribution in [1.82, 2.24) is 9.13 Å². The van der Waals surface area contributed by atoms with Gasteiger partial charge in [0.15, 0.2) is 0 Å². The Morgan fingerprint density at radius 3 is 0.842 bits per heavy atom. The minimum Gasteiger partial charge on any atom is -0.309 e. The van der Waals surface area contributed by atoms with Crippen molar-refractivity contribution in [3.05, 3.63) is 131 Å². The number of fused-ring (bicyclic) bond motifs is 9. The maximum atomic E-state index is 2.53. The average molecular weight is 765 g/mol. The summed E-state index contributed by atoms with van der Waals surface area (Å²) in [6.07, 6.45) is 0. The summed E-state index contributed by atoms with van der Waals surface area (Å²) in [5.41, 5.74) is 16.0. The average Bonchev–Trinajstić information content (AvgIpc) is 3.71. The summed E-state index contributed by atoms with van der Waals surface area (Å²) in [5.74, 6) is 0. The summed E-state index contributed by atoms with van der Waals surface area (Å²) >= 11 is 0. The highest BCUT2D eigenvalue weighted by Gasteiger charge is 2.38. The van der Waals surface area contributed by atoms with Gasteiger partial charge in [-0.2, -0.15) is 0 Å². The number of aromatic nitrogens is 2. The predicted molar refractivity (Wildman–Crippen MR) is 252 cm³/mol. The van der Waals surface area contributed by atoms with Gasteiger partial charge in [-0.3, -0.25) is 0 Å². The van der Waals surface area contributed by atoms with Crippen molar-refractivity contribution in [3.8, 4) is 22.5 Å². The zero-order valence-corrected chi connectivity index (χ0v) is 37.8. The summed E-state index contributed by atoms with van der Waals surface area (Å²) in [6, 6.07) is 43.3. The third-order valence-corrected chi connectivity index (χ3v) is 16.7. The van der Waals surface area contributed by atoms with Crippen molar-refractivity contribution in [3.63, 3.8) is 0 Å². The second-order valence-corrected chi connectivity index (χ2v) is 26.0. The highest BCUT2D eigenvalue weighted by molar-refractivity contribution is 7.03. The van der Waals surface area contributed by atoms with Gasteiger partial charge in [0.05, 0.1) is 22.1 Å². The van der Waals surface area contributed by atoms with Crippen LogP contribution in [-0.4, -0.2) is 17.2 Å². The Bertz CT molecular complexity index is 2610. The first-order valence-electron chi connectivity index (χ1n) is 21.0. The number of rotatable bonds is 2. The van der Waals surface area contributed by atoms with E-state index >= 15 is 0 Å². The zero-order chi connectivity index (χ0) is 40.8. The van der Waals surface area contributed by atoms with Crippen LogP contribution in [0.2, 0.25) is 13.1 Å². The van der Waals surface area contributed by atoms with Crippen LogP contribution in [0.4, 0.5) is 0 Å². The Morgan fingerprint density at radius 2 is 0.596 bits per heavy atom. The monoisotopic (exact) mass is 764 g/mol. The van der Waals surface area contributed by atoms with Crippen molar-refractivity contribution in [2.24, 2.45) is 0 Å². The van der Waals surface area contributed by atoms with Crippen molar-refractivity contribution < 1.29 is 0 Å². The Morgan fingerprint density at radius 1 is 0.333 bits per heavy atom. The first-order valence-corrected chi connectivity index (χ1v) is 24.0. The molecule has 0 saturated heterocycles. The van der Waals surface area contributed by atoms with Gasteiger partial charge in [0, 0.05) is 32.9 Å². The lowest BCUT2D eigenvalue weighted by molar-refractivity contribution is 0.590. The molecule has 9 rings (SSSR count). The minimum absolute atomic E-state index is 0.0651. The maximum Gasteiger partial charge on any atom is 0.113 e. The second-order valence-electron chi connectivity index (χ2n) is 21.7. The quantitative estimate of drug-likeness (QED) is 0.155. The third-order valence-electron chi connectivity index (χ3n) is 13.2. The van der Waals surface area contributed by atoms with Crippen LogP contribution in [0.15, 0.2) is 109 Å². The molecule has 0 radical (unpaired) electrons. The van der Waals surface area contributed by atoms with Gasteiger partial charge in [0.25, 0.3) is 0 Å². The summed E-state index contributed by atoms with van der Waals surface area (Å²) in [7, 11) is -1.94. The molecule has 57 heavy (non-hydrogen) atoms. The van der Waals surface area contributed by atoms with E-state index in [2.05, 4.69) is 215 Å². The van der Waals surface area contributed by atoms with Gasteiger partial charge in [0.1, 0.15) is 8.07 Å². The van der Waals surface area contributed by atoms with E-state index < -0.39 is 8.07 Å². The molecule has 8 aromatic rings. The van der Waals surface area contributed by atoms with Gasteiger partial charge < -0.3 is 9.13 Å². The summed E-state index contributed by atoms with van der Waals surface area (Å²) in [6.45, 7) is 32.9. The molecule has 0 spiro atoms. The molecule has 0 saturated carbocycles. The molecule has 3 heteroatoms. The van der Waals surface area contributed by atoms with Gasteiger partial charge in [-0.05, 0) is 138 Å². The number of benzene rings is 6. The lowest BCUT2D eigenvalue weighted by Gasteiger charge is -2.20. The molecule has 0 aliphatic carbocycles. The molecule has 6 aromatic carbocycles. The van der Waals surface area contributed by atoms with Crippen molar-refractivity contribution >= 4 is 62.1 Å². The molecule has 290 valence electrons. The fraction of sp³-hybridized carbons (Fsp3) is 0.333. The van der Waals surface area contributed by atoms with Gasteiger partial charge in [-0.1, -0.05) is 133 Å². The van der Waals surface area contributed by atoms with Crippen molar-refractivity contribution in [2.75, 3.05) is 0 Å². The summed E-state index contributed by atoms with van der Waals surface area (Å²) < 4.78 is 5.04. The van der Waals surface area contributed by atoms with E-state index in [-0.39, 0.29) is 21.7 Å². The van der Waals surface area contributed by atoms with E-state index in [9.17, 15) is 0 Å². The number of nitrogens with zero attached hydrogens (tertiary/aromatic N) is 2. The van der Waals surface area contributed by atoms with Crippen LogP contribution in [-0.2, 0) is 21.7 Å². The molecule has 0 atom stereocenters. The molecular formula is C54H60N2Si. The standard InChI is InChI=1S/C54H60N2Si/c1-51(2,3)33-15-21-45-39(27-33)40-28-34(52(4,5)6)16-22-46(40)55(45)37-19-25-49-43(31-37)44-32-38(20-26-50(44)57(49,13)14)56-47-23-17-35(53(7,8)9)29-41(47)42-30-36(54(10,11)12)18-24-48(42)56/h15-32H,1-14H3. The lowest BCUT2D eigenvalue weighted by atomic mass is 9.85. The molecule has 0 fully saturated rings. The summed E-state index contributed by atoms with van der Waals surface area (Å²) in [5, 5.41) is 8.37. The van der Waals surface area contributed by atoms with Crippen LogP contribution in [0.1, 0.15) is 105 Å². The van der Waals surface area contributed by atoms with Crippen molar-refractivity contribution in [1.29, 1.82) is 0 Å². The van der Waals surface area contributed by atoms with Crippen LogP contribution in [0, 0.1) is 0 Å². The molecule has 1 aliphatic heterocycles. The molecule has 1 aliphatic rings. The van der Waals surface area contributed by atoms with E-state index in [0.717, 1.165) is 0 Å². The molecule has 0 bridgehead atoms. The van der Waals surface area contributed by atoms with Crippen LogP contribution < -0.4 is 10.4 Å². The zero-order valence-electron chi connectivity index (χ0n) is 36.8. The molecule has 0 N–H and O–H groups in total. The Balaban J connectivity index is 1.27. The Hall–Kier alpha value is -4.86. The fourth-order valence-electron chi connectivity index (χ4n) is 9.49. The van der Waals surface area contributed by atoms with E-state index in [1.807, 2.05) is 0 Å². The SMILES string of the molecule is CC(C)(C)c1ccc2c(c1)c1cc(C(C)(C)C)ccc1n2-c1ccc2c(c1)-c1cc(-n3c4ccc(C(C)(C)C)cc4c4cc(C(C)(C)C)ccc43)ccc1[Si]2(C)C. The van der Waals surface area contributed by atoms with Gasteiger partial charge in [-0.15, -0.1) is 0 Å². The number of hydrogen-bond donors (Lipinski definition) is 0. The fourth-order valence-corrected chi connectivity index (χ4v) is 12.5. The Labute approximate surface area is 341 Å². The highest BCUT2D eigenvalue weighted by atomic mass is 28.3. The van der Waals surface area contributed by atoms with Gasteiger partial charge in [-0.25, -0.2) is 0 Å². The topological polar surface area (TPSA) is 9.86 Å². The van der Waals surface area contributed by atoms with Crippen LogP contribution in [0.25, 0.3) is 66.1 Å². The molecule has 3 heterocycles. The smallest absolute Gasteiger partial charge is 0.113 e. The normalized spacial score (nSPS) is 14.6. The van der Waals surface area contributed by atoms with Crippen LogP contribution >= 0.6 is 0 Å². The third kappa shape index (κ3) is 5.86. The maximum absolute atomic E-state index is 2.53. The van der Waals surface area contributed by atoms with Gasteiger partial charge >= 0.3 is 0 Å². The van der Waals surface area contributed by atoms with E-state index in [0.29, 0.717) is 0 Å². The van der Waals surface area contributed by atoms with Crippen LogP contribution in [0.5, 0.6) is 0 Å². The first-order chi connectivity index (χ1) is 26.5.